The van der Waals surface area contributed by atoms with Gasteiger partial charge >= 0.3 is 6.18 Å². The molecule has 1 fully saturated rings. The van der Waals surface area contributed by atoms with Gasteiger partial charge in [-0.15, -0.1) is 11.6 Å². The summed E-state index contributed by atoms with van der Waals surface area (Å²) in [4.78, 5) is 0. The van der Waals surface area contributed by atoms with Crippen molar-refractivity contribution < 1.29 is 17.9 Å². The highest BCUT2D eigenvalue weighted by atomic mass is 35.5. The van der Waals surface area contributed by atoms with Crippen LogP contribution in [0, 0.1) is 5.92 Å². The zero-order chi connectivity index (χ0) is 14.0. The lowest BCUT2D eigenvalue weighted by Crippen LogP contribution is -2.23. The van der Waals surface area contributed by atoms with Crippen molar-refractivity contribution in [2.24, 2.45) is 5.92 Å². The van der Waals surface area contributed by atoms with Crippen LogP contribution in [0.1, 0.15) is 24.5 Å². The Bertz CT molecular complexity index is 416. The first-order valence-corrected chi connectivity index (χ1v) is 6.73. The van der Waals surface area contributed by atoms with Crippen molar-refractivity contribution in [1.82, 2.24) is 0 Å². The smallest absolute Gasteiger partial charge is 0.378 e. The zero-order valence-electron chi connectivity index (χ0n) is 10.6. The number of ether oxygens (including phenoxy) is 1. The Morgan fingerprint density at radius 3 is 2.42 bits per heavy atom. The topological polar surface area (TPSA) is 9.23 Å². The SMILES string of the molecule is CC1OCCC1C(Cl)Cc1ccc(C(F)(F)F)cc1. The second kappa shape index (κ2) is 5.71. The first kappa shape index (κ1) is 14.7. The average molecular weight is 293 g/mol. The van der Waals surface area contributed by atoms with Gasteiger partial charge in [0, 0.05) is 17.9 Å². The molecule has 0 N–H and O–H groups in total. The van der Waals surface area contributed by atoms with Gasteiger partial charge in [0.15, 0.2) is 0 Å². The molecule has 1 aromatic carbocycles. The summed E-state index contributed by atoms with van der Waals surface area (Å²) in [7, 11) is 0. The Balaban J connectivity index is 1.99. The monoisotopic (exact) mass is 292 g/mol. The fourth-order valence-electron chi connectivity index (χ4n) is 2.43. The van der Waals surface area contributed by atoms with E-state index in [2.05, 4.69) is 0 Å². The lowest BCUT2D eigenvalue weighted by atomic mass is 9.93. The zero-order valence-corrected chi connectivity index (χ0v) is 11.3. The third-order valence-corrected chi connectivity index (χ3v) is 4.09. The van der Waals surface area contributed by atoms with Gasteiger partial charge in [-0.25, -0.2) is 0 Å². The van der Waals surface area contributed by atoms with Crippen molar-refractivity contribution in [3.8, 4) is 0 Å². The van der Waals surface area contributed by atoms with Crippen LogP contribution in [0.3, 0.4) is 0 Å². The van der Waals surface area contributed by atoms with Gasteiger partial charge < -0.3 is 4.74 Å². The normalized spacial score (nSPS) is 25.5. The van der Waals surface area contributed by atoms with E-state index in [9.17, 15) is 13.2 Å². The van der Waals surface area contributed by atoms with E-state index in [-0.39, 0.29) is 17.4 Å². The van der Waals surface area contributed by atoms with Crippen molar-refractivity contribution in [2.75, 3.05) is 6.61 Å². The van der Waals surface area contributed by atoms with Gasteiger partial charge in [0.2, 0.25) is 0 Å². The Morgan fingerprint density at radius 2 is 1.95 bits per heavy atom. The molecule has 0 saturated carbocycles. The summed E-state index contributed by atoms with van der Waals surface area (Å²) in [6.45, 7) is 2.70. The second-order valence-electron chi connectivity index (χ2n) is 4.94. The molecular weight excluding hydrogens is 277 g/mol. The molecule has 5 heteroatoms. The fourth-order valence-corrected chi connectivity index (χ4v) is 2.94. The molecule has 2 rings (SSSR count). The fraction of sp³-hybridized carbons (Fsp3) is 0.571. The molecule has 1 saturated heterocycles. The van der Waals surface area contributed by atoms with Crippen molar-refractivity contribution in [2.45, 2.75) is 37.4 Å². The molecular formula is C14H16ClF3O. The molecule has 0 aliphatic carbocycles. The minimum Gasteiger partial charge on any atom is -0.378 e. The van der Waals surface area contributed by atoms with Crippen LogP contribution in [0.4, 0.5) is 13.2 Å². The lowest BCUT2D eigenvalue weighted by Gasteiger charge is -2.20. The first-order chi connectivity index (χ1) is 8.88. The number of benzene rings is 1. The summed E-state index contributed by atoms with van der Waals surface area (Å²) in [6, 6.07) is 5.21. The van der Waals surface area contributed by atoms with Crippen molar-refractivity contribution in [3.05, 3.63) is 35.4 Å². The minimum absolute atomic E-state index is 0.103. The predicted molar refractivity (Wildman–Crippen MR) is 68.3 cm³/mol. The van der Waals surface area contributed by atoms with E-state index in [1.807, 2.05) is 6.92 Å². The standard InChI is InChI=1S/C14H16ClF3O/c1-9-12(6-7-19-9)13(15)8-10-2-4-11(5-3-10)14(16,17)18/h2-5,9,12-13H,6-8H2,1H3. The van der Waals surface area contributed by atoms with E-state index in [1.54, 1.807) is 0 Å². The van der Waals surface area contributed by atoms with Crippen LogP contribution in [0.2, 0.25) is 0 Å². The Kier molecular flexibility index (Phi) is 4.41. The van der Waals surface area contributed by atoms with Crippen LogP contribution in [0.15, 0.2) is 24.3 Å². The number of hydrogen-bond donors (Lipinski definition) is 0. The quantitative estimate of drug-likeness (QED) is 0.756. The maximum absolute atomic E-state index is 12.4. The van der Waals surface area contributed by atoms with Gasteiger partial charge in [0.1, 0.15) is 0 Å². The van der Waals surface area contributed by atoms with Gasteiger partial charge in [-0.1, -0.05) is 12.1 Å². The average Bonchev–Trinajstić information content (AvgIpc) is 2.75. The summed E-state index contributed by atoms with van der Waals surface area (Å²) in [5, 5.41) is -0.103. The maximum atomic E-state index is 12.4. The molecule has 0 aromatic heterocycles. The number of alkyl halides is 4. The Hall–Kier alpha value is -0.740. The molecule has 3 unspecified atom stereocenters. The molecule has 106 valence electrons. The predicted octanol–water partition coefficient (Wildman–Crippen LogP) is 4.28. The Morgan fingerprint density at radius 1 is 1.32 bits per heavy atom. The molecule has 1 heterocycles. The third kappa shape index (κ3) is 3.63. The van der Waals surface area contributed by atoms with Crippen LogP contribution in [0.25, 0.3) is 0 Å². The molecule has 0 bridgehead atoms. The summed E-state index contributed by atoms with van der Waals surface area (Å²) in [6.07, 6.45) is -2.68. The van der Waals surface area contributed by atoms with Crippen LogP contribution in [-0.4, -0.2) is 18.1 Å². The van der Waals surface area contributed by atoms with E-state index < -0.39 is 11.7 Å². The van der Waals surface area contributed by atoms with Gasteiger partial charge in [-0.2, -0.15) is 13.2 Å². The maximum Gasteiger partial charge on any atom is 0.416 e. The van der Waals surface area contributed by atoms with Crippen LogP contribution >= 0.6 is 11.6 Å². The van der Waals surface area contributed by atoms with Gasteiger partial charge in [-0.3, -0.25) is 0 Å². The van der Waals surface area contributed by atoms with E-state index in [0.717, 1.165) is 24.1 Å². The van der Waals surface area contributed by atoms with Crippen LogP contribution < -0.4 is 0 Å². The summed E-state index contributed by atoms with van der Waals surface area (Å²) < 4.78 is 42.8. The largest absolute Gasteiger partial charge is 0.416 e. The van der Waals surface area contributed by atoms with Crippen molar-refractivity contribution in [1.29, 1.82) is 0 Å². The second-order valence-corrected chi connectivity index (χ2v) is 5.50. The van der Waals surface area contributed by atoms with Crippen molar-refractivity contribution >= 4 is 11.6 Å². The van der Waals surface area contributed by atoms with E-state index >= 15 is 0 Å². The first-order valence-electron chi connectivity index (χ1n) is 6.29. The highest BCUT2D eigenvalue weighted by Crippen LogP contribution is 2.31. The molecule has 1 aliphatic rings. The molecule has 0 amide bonds. The molecule has 19 heavy (non-hydrogen) atoms. The van der Waals surface area contributed by atoms with E-state index in [0.29, 0.717) is 13.0 Å². The Labute approximate surface area is 115 Å². The summed E-state index contributed by atoms with van der Waals surface area (Å²) in [5.74, 6) is 0.268. The molecule has 0 spiro atoms. The lowest BCUT2D eigenvalue weighted by molar-refractivity contribution is -0.137. The van der Waals surface area contributed by atoms with Gasteiger partial charge in [0.25, 0.3) is 0 Å². The minimum atomic E-state index is -4.29. The number of rotatable bonds is 3. The van der Waals surface area contributed by atoms with E-state index in [1.165, 1.54) is 12.1 Å². The molecule has 3 atom stereocenters. The van der Waals surface area contributed by atoms with Crippen molar-refractivity contribution in [3.63, 3.8) is 0 Å². The summed E-state index contributed by atoms with van der Waals surface area (Å²) >= 11 is 6.34. The molecule has 0 radical (unpaired) electrons. The number of halogens is 4. The highest BCUT2D eigenvalue weighted by molar-refractivity contribution is 6.21. The third-order valence-electron chi connectivity index (χ3n) is 3.61. The molecule has 1 aliphatic heterocycles. The van der Waals surface area contributed by atoms with Gasteiger partial charge in [0.05, 0.1) is 11.7 Å². The summed E-state index contributed by atoms with van der Waals surface area (Å²) in [5.41, 5.74) is 0.201. The van der Waals surface area contributed by atoms with Gasteiger partial charge in [-0.05, 0) is 37.5 Å². The van der Waals surface area contributed by atoms with Crippen LogP contribution in [-0.2, 0) is 17.3 Å². The van der Waals surface area contributed by atoms with E-state index in [4.69, 9.17) is 16.3 Å². The number of hydrogen-bond acceptors (Lipinski definition) is 1. The molecule has 1 aromatic rings. The molecule has 1 nitrogen and oxygen atoms in total. The highest BCUT2D eigenvalue weighted by Gasteiger charge is 2.32. The van der Waals surface area contributed by atoms with Crippen LogP contribution in [0.5, 0.6) is 0 Å².